The van der Waals surface area contributed by atoms with Gasteiger partial charge in [-0.2, -0.15) is 0 Å². The average molecular weight is 248 g/mol. The second-order valence-electron chi connectivity index (χ2n) is 4.18. The number of benzene rings is 1. The molecule has 0 atom stereocenters. The van der Waals surface area contributed by atoms with Gasteiger partial charge in [-0.1, -0.05) is 6.92 Å². The van der Waals surface area contributed by atoms with Gasteiger partial charge in [0.2, 0.25) is 0 Å². The van der Waals surface area contributed by atoms with Crippen LogP contribution in [0.25, 0.3) is 0 Å². The SMILES string of the molecule is CCCNC(=O)c1ccc2c(c1)N(C)C(=O)CO2. The molecule has 0 saturated carbocycles. The van der Waals surface area contributed by atoms with E-state index >= 15 is 0 Å². The fourth-order valence-corrected chi connectivity index (χ4v) is 1.75. The molecule has 18 heavy (non-hydrogen) atoms. The van der Waals surface area contributed by atoms with E-state index in [-0.39, 0.29) is 18.4 Å². The smallest absolute Gasteiger partial charge is 0.264 e. The van der Waals surface area contributed by atoms with Gasteiger partial charge in [-0.25, -0.2) is 0 Å². The summed E-state index contributed by atoms with van der Waals surface area (Å²) in [5.74, 6) is 0.379. The van der Waals surface area contributed by atoms with Crippen LogP contribution in [-0.4, -0.2) is 32.0 Å². The quantitative estimate of drug-likeness (QED) is 0.874. The van der Waals surface area contributed by atoms with Crippen LogP contribution < -0.4 is 15.0 Å². The summed E-state index contributed by atoms with van der Waals surface area (Å²) in [5.41, 5.74) is 1.17. The first-order valence-electron chi connectivity index (χ1n) is 5.95. The molecule has 0 radical (unpaired) electrons. The summed E-state index contributed by atoms with van der Waals surface area (Å²) < 4.78 is 5.30. The normalized spacial score (nSPS) is 13.9. The van der Waals surface area contributed by atoms with E-state index in [9.17, 15) is 9.59 Å². The summed E-state index contributed by atoms with van der Waals surface area (Å²) in [6.07, 6.45) is 0.887. The van der Waals surface area contributed by atoms with Crippen molar-refractivity contribution in [2.75, 3.05) is 25.1 Å². The molecule has 1 aliphatic heterocycles. The van der Waals surface area contributed by atoms with Crippen LogP contribution in [-0.2, 0) is 4.79 Å². The minimum Gasteiger partial charge on any atom is -0.482 e. The summed E-state index contributed by atoms with van der Waals surface area (Å²) in [6, 6.07) is 5.10. The molecule has 2 amide bonds. The minimum atomic E-state index is -0.133. The fourth-order valence-electron chi connectivity index (χ4n) is 1.75. The minimum absolute atomic E-state index is 0.0465. The molecule has 1 N–H and O–H groups in total. The summed E-state index contributed by atoms with van der Waals surface area (Å²) in [7, 11) is 1.68. The van der Waals surface area contributed by atoms with Crippen molar-refractivity contribution in [1.82, 2.24) is 5.32 Å². The van der Waals surface area contributed by atoms with Crippen molar-refractivity contribution < 1.29 is 14.3 Å². The maximum Gasteiger partial charge on any atom is 0.264 e. The number of ether oxygens (including phenoxy) is 1. The van der Waals surface area contributed by atoms with E-state index in [0.717, 1.165) is 6.42 Å². The van der Waals surface area contributed by atoms with Crippen LogP contribution in [0, 0.1) is 0 Å². The molecule has 1 aliphatic rings. The Labute approximate surface area is 106 Å². The van der Waals surface area contributed by atoms with Crippen molar-refractivity contribution in [3.8, 4) is 5.75 Å². The third-order valence-corrected chi connectivity index (χ3v) is 2.84. The lowest BCUT2D eigenvalue weighted by Crippen LogP contribution is -2.35. The Balaban J connectivity index is 2.26. The predicted molar refractivity (Wildman–Crippen MR) is 68.0 cm³/mol. The first-order valence-corrected chi connectivity index (χ1v) is 5.95. The monoisotopic (exact) mass is 248 g/mol. The Morgan fingerprint density at radius 2 is 2.28 bits per heavy atom. The van der Waals surface area contributed by atoms with Gasteiger partial charge < -0.3 is 15.0 Å². The number of hydrogen-bond acceptors (Lipinski definition) is 3. The molecule has 0 aromatic heterocycles. The highest BCUT2D eigenvalue weighted by Gasteiger charge is 2.23. The number of amides is 2. The van der Waals surface area contributed by atoms with Crippen LogP contribution in [0.3, 0.4) is 0 Å². The van der Waals surface area contributed by atoms with Crippen molar-refractivity contribution in [3.05, 3.63) is 23.8 Å². The molecule has 0 unspecified atom stereocenters. The molecule has 0 aliphatic carbocycles. The molecular formula is C13H16N2O3. The molecule has 1 aromatic rings. The van der Waals surface area contributed by atoms with Crippen molar-refractivity contribution in [1.29, 1.82) is 0 Å². The molecule has 1 aromatic carbocycles. The molecule has 1 heterocycles. The standard InChI is InChI=1S/C13H16N2O3/c1-3-6-14-13(17)9-4-5-11-10(7-9)15(2)12(16)8-18-11/h4-5,7H,3,6,8H2,1-2H3,(H,14,17). The molecule has 5 nitrogen and oxygen atoms in total. The lowest BCUT2D eigenvalue weighted by molar-refractivity contribution is -0.120. The zero-order valence-corrected chi connectivity index (χ0v) is 10.5. The average Bonchev–Trinajstić information content (AvgIpc) is 2.40. The largest absolute Gasteiger partial charge is 0.482 e. The summed E-state index contributed by atoms with van der Waals surface area (Å²) in [5, 5.41) is 2.80. The number of likely N-dealkylation sites (N-methyl/N-ethyl adjacent to an activating group) is 1. The highest BCUT2D eigenvalue weighted by Crippen LogP contribution is 2.31. The summed E-state index contributed by atoms with van der Waals surface area (Å²) in [4.78, 5) is 24.8. The first-order chi connectivity index (χ1) is 8.63. The van der Waals surface area contributed by atoms with E-state index in [1.807, 2.05) is 6.92 Å². The van der Waals surface area contributed by atoms with Gasteiger partial charge in [0, 0.05) is 19.2 Å². The number of fused-ring (bicyclic) bond motifs is 1. The van der Waals surface area contributed by atoms with E-state index in [2.05, 4.69) is 5.32 Å². The number of rotatable bonds is 3. The third-order valence-electron chi connectivity index (χ3n) is 2.84. The Hall–Kier alpha value is -2.04. The maximum atomic E-state index is 11.8. The predicted octanol–water partition coefficient (Wildman–Crippen LogP) is 1.18. The Bertz CT molecular complexity index is 485. The van der Waals surface area contributed by atoms with Gasteiger partial charge in [0.1, 0.15) is 5.75 Å². The molecule has 5 heteroatoms. The van der Waals surface area contributed by atoms with Crippen molar-refractivity contribution >= 4 is 17.5 Å². The highest BCUT2D eigenvalue weighted by atomic mass is 16.5. The first kappa shape index (κ1) is 12.4. The topological polar surface area (TPSA) is 58.6 Å². The van der Waals surface area contributed by atoms with Crippen LogP contribution >= 0.6 is 0 Å². The molecule has 0 bridgehead atoms. The number of hydrogen-bond donors (Lipinski definition) is 1. The zero-order chi connectivity index (χ0) is 13.1. The molecule has 0 fully saturated rings. The second-order valence-corrected chi connectivity index (χ2v) is 4.18. The lowest BCUT2D eigenvalue weighted by Gasteiger charge is -2.26. The molecule has 0 saturated heterocycles. The van der Waals surface area contributed by atoms with Gasteiger partial charge in [-0.15, -0.1) is 0 Å². The van der Waals surface area contributed by atoms with Crippen LogP contribution in [0.5, 0.6) is 5.75 Å². The summed E-state index contributed by atoms with van der Waals surface area (Å²) >= 11 is 0. The van der Waals surface area contributed by atoms with E-state index in [1.165, 1.54) is 4.90 Å². The molecule has 96 valence electrons. The van der Waals surface area contributed by atoms with Crippen molar-refractivity contribution in [2.24, 2.45) is 0 Å². The lowest BCUT2D eigenvalue weighted by atomic mass is 10.1. The number of anilines is 1. The Morgan fingerprint density at radius 3 is 3.00 bits per heavy atom. The van der Waals surface area contributed by atoms with Crippen LogP contribution in [0.1, 0.15) is 23.7 Å². The van der Waals surface area contributed by atoms with Gasteiger partial charge in [0.25, 0.3) is 11.8 Å². The highest BCUT2D eigenvalue weighted by molar-refractivity contribution is 6.00. The Kier molecular flexibility index (Phi) is 3.50. The molecule has 0 spiro atoms. The van der Waals surface area contributed by atoms with E-state index < -0.39 is 0 Å². The van der Waals surface area contributed by atoms with Gasteiger partial charge >= 0.3 is 0 Å². The zero-order valence-electron chi connectivity index (χ0n) is 10.5. The summed E-state index contributed by atoms with van der Waals surface area (Å²) in [6.45, 7) is 2.68. The van der Waals surface area contributed by atoms with Gasteiger partial charge in [0.05, 0.1) is 5.69 Å². The van der Waals surface area contributed by atoms with E-state index in [0.29, 0.717) is 23.5 Å². The number of carbonyl (C=O) groups is 2. The van der Waals surface area contributed by atoms with Crippen LogP contribution in [0.4, 0.5) is 5.69 Å². The second kappa shape index (κ2) is 5.08. The van der Waals surface area contributed by atoms with E-state index in [4.69, 9.17) is 4.74 Å². The van der Waals surface area contributed by atoms with Gasteiger partial charge in [-0.05, 0) is 24.6 Å². The maximum absolute atomic E-state index is 11.8. The third kappa shape index (κ3) is 2.30. The van der Waals surface area contributed by atoms with E-state index in [1.54, 1.807) is 25.2 Å². The van der Waals surface area contributed by atoms with Gasteiger partial charge in [0.15, 0.2) is 6.61 Å². The molecular weight excluding hydrogens is 232 g/mol. The van der Waals surface area contributed by atoms with Crippen LogP contribution in [0.2, 0.25) is 0 Å². The molecule has 2 rings (SSSR count). The Morgan fingerprint density at radius 1 is 1.50 bits per heavy atom. The van der Waals surface area contributed by atoms with Gasteiger partial charge in [-0.3, -0.25) is 9.59 Å². The van der Waals surface area contributed by atoms with Crippen LogP contribution in [0.15, 0.2) is 18.2 Å². The number of carbonyl (C=O) groups excluding carboxylic acids is 2. The number of nitrogens with zero attached hydrogens (tertiary/aromatic N) is 1. The van der Waals surface area contributed by atoms with Crippen molar-refractivity contribution in [3.63, 3.8) is 0 Å². The number of nitrogens with one attached hydrogen (secondary N) is 1. The fraction of sp³-hybridized carbons (Fsp3) is 0.385. The van der Waals surface area contributed by atoms with Crippen molar-refractivity contribution in [2.45, 2.75) is 13.3 Å².